The maximum Gasteiger partial charge on any atom is 0.158 e. The molecule has 0 aliphatic carbocycles. The number of ketones is 8. The first kappa shape index (κ1) is 76.4. The van der Waals surface area contributed by atoms with Crippen molar-refractivity contribution in [3.05, 3.63) is 0 Å². The van der Waals surface area contributed by atoms with Crippen LogP contribution in [0.1, 0.15) is 180 Å². The van der Waals surface area contributed by atoms with E-state index < -0.39 is 0 Å². The Morgan fingerprint density at radius 2 is 0.790 bits per heavy atom. The van der Waals surface area contributed by atoms with Crippen LogP contribution in [0.3, 0.4) is 0 Å². The zero-order valence-corrected chi connectivity index (χ0v) is 43.2. The summed E-state index contributed by atoms with van der Waals surface area (Å²) in [4.78, 5) is 82.2. The molecule has 0 aliphatic heterocycles. The summed E-state index contributed by atoms with van der Waals surface area (Å²) in [5.41, 5.74) is 0. The minimum Gasteiger partial charge on any atom is -0.385 e. The molecule has 0 amide bonds. The van der Waals surface area contributed by atoms with Gasteiger partial charge in [-0.3, -0.25) is 19.2 Å². The fourth-order valence-electron chi connectivity index (χ4n) is 3.61. The smallest absolute Gasteiger partial charge is 0.158 e. The van der Waals surface area contributed by atoms with Crippen LogP contribution in [0.25, 0.3) is 0 Å². The molecule has 0 bridgehead atoms. The Bertz CT molecular complexity index is 1000. The van der Waals surface area contributed by atoms with Gasteiger partial charge >= 0.3 is 0 Å². The second kappa shape index (κ2) is 64.7. The fraction of sp³-hybridized carbons (Fsp3) is 0.833. The maximum absolute atomic E-state index is 10.5. The van der Waals surface area contributed by atoms with E-state index in [4.69, 9.17) is 18.9 Å². The Hall–Kier alpha value is -2.88. The molecule has 14 nitrogen and oxygen atoms in total. The number of rotatable bonds is 27. The van der Waals surface area contributed by atoms with Gasteiger partial charge in [-0.2, -0.15) is 0 Å². The summed E-state index contributed by atoms with van der Waals surface area (Å²) in [5, 5.41) is 0. The first-order valence-electron chi connectivity index (χ1n) is 21.9. The zero-order valence-electron chi connectivity index (χ0n) is 43.2. The molecule has 0 saturated carbocycles. The number of ether oxygens (including phenoxy) is 6. The van der Waals surface area contributed by atoms with E-state index in [1.54, 1.807) is 76.9 Å². The SMILES string of the molecule is CCC(C)C(C)=O.CCC(CC(C)=O)OC.CCCC(C)=O.COC(C)C(C)=O.COCC(C)=O.COCCCC(C)=O.COCCCCC(C)=O.COCCCCCC(C)=O. The Kier molecular flexibility index (Phi) is 79.8. The van der Waals surface area contributed by atoms with Crippen LogP contribution in [0.15, 0.2) is 0 Å². The third kappa shape index (κ3) is 106. The molecule has 0 aromatic carbocycles. The second-order valence-electron chi connectivity index (χ2n) is 14.6. The van der Waals surface area contributed by atoms with Gasteiger partial charge in [0.05, 0.1) is 6.10 Å². The van der Waals surface area contributed by atoms with Gasteiger partial charge in [0.1, 0.15) is 47.4 Å². The lowest BCUT2D eigenvalue weighted by Gasteiger charge is -2.08. The predicted molar refractivity (Wildman–Crippen MR) is 251 cm³/mol. The third-order valence-electron chi connectivity index (χ3n) is 7.87. The second-order valence-corrected chi connectivity index (χ2v) is 14.6. The van der Waals surface area contributed by atoms with E-state index in [-0.39, 0.29) is 65.2 Å². The highest BCUT2D eigenvalue weighted by Gasteiger charge is 2.06. The topological polar surface area (TPSA) is 192 Å². The van der Waals surface area contributed by atoms with Crippen LogP contribution in [0.5, 0.6) is 0 Å². The Morgan fingerprint density at radius 3 is 0.968 bits per heavy atom. The van der Waals surface area contributed by atoms with Crippen molar-refractivity contribution in [2.24, 2.45) is 5.92 Å². The van der Waals surface area contributed by atoms with Gasteiger partial charge < -0.3 is 47.6 Å². The van der Waals surface area contributed by atoms with E-state index >= 15 is 0 Å². The average Bonchev–Trinajstić information content (AvgIpc) is 3.19. The van der Waals surface area contributed by atoms with Gasteiger partial charge in [0.15, 0.2) is 11.6 Å². The van der Waals surface area contributed by atoms with E-state index in [1.807, 2.05) is 27.7 Å². The highest BCUT2D eigenvalue weighted by atomic mass is 16.5. The number of methoxy groups -OCH3 is 6. The van der Waals surface area contributed by atoms with Crippen LogP contribution < -0.4 is 0 Å². The van der Waals surface area contributed by atoms with Crippen molar-refractivity contribution < 1.29 is 66.8 Å². The largest absolute Gasteiger partial charge is 0.385 e. The molecule has 0 aliphatic rings. The molecule has 62 heavy (non-hydrogen) atoms. The average molecular weight is 897 g/mol. The highest BCUT2D eigenvalue weighted by molar-refractivity contribution is 5.80. The highest BCUT2D eigenvalue weighted by Crippen LogP contribution is 2.02. The normalized spacial score (nSPS) is 10.8. The third-order valence-corrected chi connectivity index (χ3v) is 7.87. The van der Waals surface area contributed by atoms with Crippen molar-refractivity contribution in [3.63, 3.8) is 0 Å². The first-order chi connectivity index (χ1) is 28.9. The maximum atomic E-state index is 10.5. The summed E-state index contributed by atoms with van der Waals surface area (Å²) in [5.74, 6) is 1.98. The van der Waals surface area contributed by atoms with E-state index in [0.717, 1.165) is 83.8 Å². The van der Waals surface area contributed by atoms with Crippen LogP contribution in [-0.4, -0.2) is 128 Å². The zero-order chi connectivity index (χ0) is 50.3. The monoisotopic (exact) mass is 897 g/mol. The number of Topliss-reactive ketones (excluding diaryl/α,β-unsaturated/α-hetero) is 8. The van der Waals surface area contributed by atoms with Gasteiger partial charge in [-0.05, 0) is 114 Å². The van der Waals surface area contributed by atoms with Crippen LogP contribution in [0, 0.1) is 5.92 Å². The molecule has 0 fully saturated rings. The number of hydrogen-bond donors (Lipinski definition) is 0. The van der Waals surface area contributed by atoms with Crippen molar-refractivity contribution in [2.75, 3.05) is 69.1 Å². The molecule has 0 spiro atoms. The molecule has 3 atom stereocenters. The molecule has 0 heterocycles. The number of carbonyl (C=O) groups is 8. The summed E-state index contributed by atoms with van der Waals surface area (Å²) in [6.45, 7) is 24.9. The molecule has 3 unspecified atom stereocenters. The van der Waals surface area contributed by atoms with Crippen molar-refractivity contribution in [1.82, 2.24) is 0 Å². The van der Waals surface area contributed by atoms with E-state index in [2.05, 4.69) is 9.47 Å². The van der Waals surface area contributed by atoms with Crippen LogP contribution >= 0.6 is 0 Å². The van der Waals surface area contributed by atoms with E-state index in [1.165, 1.54) is 28.1 Å². The lowest BCUT2D eigenvalue weighted by atomic mass is 10.1. The van der Waals surface area contributed by atoms with Crippen molar-refractivity contribution in [2.45, 2.75) is 192 Å². The van der Waals surface area contributed by atoms with E-state index in [0.29, 0.717) is 31.7 Å². The van der Waals surface area contributed by atoms with Crippen molar-refractivity contribution in [1.29, 1.82) is 0 Å². The van der Waals surface area contributed by atoms with Crippen LogP contribution in [0.4, 0.5) is 0 Å². The fourth-order valence-corrected chi connectivity index (χ4v) is 3.61. The number of unbranched alkanes of at least 4 members (excludes halogenated alkanes) is 3. The minimum absolute atomic E-state index is 0.0671. The lowest BCUT2D eigenvalue weighted by Crippen LogP contribution is -2.14. The Balaban J connectivity index is -0.0000000901. The van der Waals surface area contributed by atoms with Crippen LogP contribution in [-0.2, 0) is 66.8 Å². The summed E-state index contributed by atoms with van der Waals surface area (Å²) in [7, 11) is 9.67. The van der Waals surface area contributed by atoms with Gasteiger partial charge in [0, 0.05) is 101 Å². The van der Waals surface area contributed by atoms with Crippen LogP contribution in [0.2, 0.25) is 0 Å². The summed E-state index contributed by atoms with van der Waals surface area (Å²) < 4.78 is 28.5. The Labute approximate surface area is 379 Å². The Morgan fingerprint density at radius 1 is 0.403 bits per heavy atom. The molecule has 14 heteroatoms. The van der Waals surface area contributed by atoms with Gasteiger partial charge in [-0.25, -0.2) is 0 Å². The molecule has 0 rings (SSSR count). The predicted octanol–water partition coefficient (Wildman–Crippen LogP) is 9.40. The first-order valence-corrected chi connectivity index (χ1v) is 21.9. The van der Waals surface area contributed by atoms with Gasteiger partial charge in [0.2, 0.25) is 0 Å². The number of hydrogen-bond acceptors (Lipinski definition) is 14. The minimum atomic E-state index is -0.236. The summed E-state index contributed by atoms with van der Waals surface area (Å²) in [6.07, 6.45) is 12.1. The molecule has 0 saturated heterocycles. The molecule has 0 radical (unpaired) electrons. The standard InChI is InChI=1S/C8H16O2.2C7H14O2.C6H12O2.C6H12O.C5H10O2.C5H10O.C4H8O2/c1-8(9)6-4-3-5-7-10-2;1-7(8)5-3-4-6-9-2;1-4-7(9-3)5-6(2)8;1-6(7)4-3-5-8-2;1-4-5(2)6(3)7;1-4(6)5(2)7-3;1-3-4-5(2)6;1-4(5)3-6-2/h3-7H2,1-2H3;3-6H2,1-2H3;7H,4-5H2,1-3H3;3-5H2,1-2H3;5H,4H2,1-3H3;5H,1-3H3;3-4H2,1-2H3;3H2,1-2H3. The van der Waals surface area contributed by atoms with E-state index in [9.17, 15) is 38.4 Å². The molecular weight excluding hydrogens is 801 g/mol. The summed E-state index contributed by atoms with van der Waals surface area (Å²) in [6, 6.07) is 0. The van der Waals surface area contributed by atoms with Crippen molar-refractivity contribution in [3.8, 4) is 0 Å². The van der Waals surface area contributed by atoms with Gasteiger partial charge in [-0.15, -0.1) is 0 Å². The molecule has 372 valence electrons. The molecule has 0 N–H and O–H groups in total. The van der Waals surface area contributed by atoms with Gasteiger partial charge in [0.25, 0.3) is 0 Å². The quantitative estimate of drug-likeness (QED) is 0.0708. The molecule has 0 aromatic rings. The molecule has 0 aromatic heterocycles. The summed E-state index contributed by atoms with van der Waals surface area (Å²) >= 11 is 0. The molecular formula is C48H96O14. The number of carbonyl (C=O) groups excluding carboxylic acids is 8. The lowest BCUT2D eigenvalue weighted by molar-refractivity contribution is -0.125. The van der Waals surface area contributed by atoms with Gasteiger partial charge in [-0.1, -0.05) is 34.1 Å². The van der Waals surface area contributed by atoms with Crippen molar-refractivity contribution >= 4 is 46.3 Å².